The molecule has 0 amide bonds. The van der Waals surface area contributed by atoms with Crippen LogP contribution in [0.15, 0.2) is 30.6 Å². The van der Waals surface area contributed by atoms with E-state index in [1.165, 1.54) is 0 Å². The Kier molecular flexibility index (Phi) is 3.54. The van der Waals surface area contributed by atoms with E-state index >= 15 is 0 Å². The van der Waals surface area contributed by atoms with E-state index in [9.17, 15) is 0 Å². The van der Waals surface area contributed by atoms with Crippen molar-refractivity contribution in [2.24, 2.45) is 7.05 Å². The summed E-state index contributed by atoms with van der Waals surface area (Å²) >= 11 is 6.03. The Bertz CT molecular complexity index is 467. The van der Waals surface area contributed by atoms with Crippen molar-refractivity contribution >= 4 is 11.6 Å². The van der Waals surface area contributed by atoms with Crippen LogP contribution in [0.1, 0.15) is 11.4 Å². The van der Waals surface area contributed by atoms with E-state index in [0.717, 1.165) is 23.0 Å². The van der Waals surface area contributed by atoms with Crippen molar-refractivity contribution in [3.63, 3.8) is 0 Å². The Morgan fingerprint density at radius 3 is 2.81 bits per heavy atom. The number of aryl methyl sites for hydroxylation is 1. The van der Waals surface area contributed by atoms with Crippen molar-refractivity contribution in [3.8, 4) is 0 Å². The Balaban J connectivity index is 1.87. The van der Waals surface area contributed by atoms with Gasteiger partial charge in [-0.2, -0.15) is 5.10 Å². The van der Waals surface area contributed by atoms with Gasteiger partial charge < -0.3 is 5.32 Å². The van der Waals surface area contributed by atoms with Gasteiger partial charge in [-0.15, -0.1) is 0 Å². The SMILES string of the molecule is Cn1cnc(CNCc2ccccc2Cl)n1. The summed E-state index contributed by atoms with van der Waals surface area (Å²) in [6.07, 6.45) is 1.69. The van der Waals surface area contributed by atoms with Crippen LogP contribution < -0.4 is 5.32 Å². The van der Waals surface area contributed by atoms with E-state index in [0.29, 0.717) is 6.54 Å². The predicted molar refractivity (Wildman–Crippen MR) is 63.0 cm³/mol. The standard InChI is InChI=1S/C11H13ClN4/c1-16-8-14-11(15-16)7-13-6-9-4-2-3-5-10(9)12/h2-5,8,13H,6-7H2,1H3. The molecule has 0 unspecified atom stereocenters. The van der Waals surface area contributed by atoms with Crippen molar-refractivity contribution in [1.82, 2.24) is 20.1 Å². The predicted octanol–water partition coefficient (Wildman–Crippen LogP) is 1.76. The first-order valence-electron chi connectivity index (χ1n) is 5.04. The maximum atomic E-state index is 6.03. The van der Waals surface area contributed by atoms with Crippen molar-refractivity contribution in [2.45, 2.75) is 13.1 Å². The van der Waals surface area contributed by atoms with Crippen LogP contribution in [-0.4, -0.2) is 14.8 Å². The minimum absolute atomic E-state index is 0.645. The molecule has 1 aromatic carbocycles. The monoisotopic (exact) mass is 236 g/mol. The molecule has 16 heavy (non-hydrogen) atoms. The molecule has 84 valence electrons. The van der Waals surface area contributed by atoms with Gasteiger partial charge in [0.25, 0.3) is 0 Å². The number of rotatable bonds is 4. The van der Waals surface area contributed by atoms with Gasteiger partial charge >= 0.3 is 0 Å². The molecular formula is C11H13ClN4. The smallest absolute Gasteiger partial charge is 0.164 e. The highest BCUT2D eigenvalue weighted by molar-refractivity contribution is 6.31. The van der Waals surface area contributed by atoms with E-state index in [1.807, 2.05) is 31.3 Å². The first kappa shape index (κ1) is 11.1. The summed E-state index contributed by atoms with van der Waals surface area (Å²) in [5, 5.41) is 8.21. The molecule has 0 saturated heterocycles. The highest BCUT2D eigenvalue weighted by atomic mass is 35.5. The molecule has 0 radical (unpaired) electrons. The molecule has 4 nitrogen and oxygen atoms in total. The molecule has 0 aliphatic heterocycles. The van der Waals surface area contributed by atoms with Crippen molar-refractivity contribution < 1.29 is 0 Å². The van der Waals surface area contributed by atoms with Crippen LogP contribution in [0.25, 0.3) is 0 Å². The normalized spacial score (nSPS) is 10.6. The fraction of sp³-hybridized carbons (Fsp3) is 0.273. The zero-order valence-corrected chi connectivity index (χ0v) is 9.78. The van der Waals surface area contributed by atoms with E-state index in [-0.39, 0.29) is 0 Å². The molecule has 1 heterocycles. The molecule has 0 aliphatic carbocycles. The van der Waals surface area contributed by atoms with Gasteiger partial charge in [-0.3, -0.25) is 4.68 Å². The summed E-state index contributed by atoms with van der Waals surface area (Å²) in [6, 6.07) is 7.78. The zero-order chi connectivity index (χ0) is 11.4. The fourth-order valence-corrected chi connectivity index (χ4v) is 1.62. The number of aromatic nitrogens is 3. The summed E-state index contributed by atoms with van der Waals surface area (Å²) in [6.45, 7) is 1.37. The second-order valence-electron chi connectivity index (χ2n) is 3.53. The van der Waals surface area contributed by atoms with E-state index in [4.69, 9.17) is 11.6 Å². The van der Waals surface area contributed by atoms with Gasteiger partial charge in [0, 0.05) is 18.6 Å². The number of nitrogens with one attached hydrogen (secondary N) is 1. The third kappa shape index (κ3) is 2.81. The van der Waals surface area contributed by atoms with Crippen LogP contribution in [0.5, 0.6) is 0 Å². The van der Waals surface area contributed by atoms with Crippen LogP contribution >= 0.6 is 11.6 Å². The van der Waals surface area contributed by atoms with Gasteiger partial charge in [0.05, 0.1) is 6.54 Å². The van der Waals surface area contributed by atoms with Crippen molar-refractivity contribution in [1.29, 1.82) is 0 Å². The number of halogens is 1. The summed E-state index contributed by atoms with van der Waals surface area (Å²) in [5.74, 6) is 0.787. The molecule has 0 atom stereocenters. The Labute approximate surface area is 99.3 Å². The summed E-state index contributed by atoms with van der Waals surface area (Å²) in [7, 11) is 1.85. The summed E-state index contributed by atoms with van der Waals surface area (Å²) in [4.78, 5) is 4.13. The Morgan fingerprint density at radius 2 is 2.12 bits per heavy atom. The number of hydrogen-bond donors (Lipinski definition) is 1. The molecule has 0 bridgehead atoms. The number of nitrogens with zero attached hydrogens (tertiary/aromatic N) is 3. The summed E-state index contributed by atoms with van der Waals surface area (Å²) < 4.78 is 1.69. The lowest BCUT2D eigenvalue weighted by Gasteiger charge is -2.04. The average Bonchev–Trinajstić information content (AvgIpc) is 2.67. The first-order valence-corrected chi connectivity index (χ1v) is 5.42. The van der Waals surface area contributed by atoms with Gasteiger partial charge in [0.1, 0.15) is 6.33 Å². The van der Waals surface area contributed by atoms with Crippen LogP contribution in [-0.2, 0) is 20.1 Å². The molecule has 1 aromatic heterocycles. The Morgan fingerprint density at radius 1 is 1.31 bits per heavy atom. The fourth-order valence-electron chi connectivity index (χ4n) is 1.42. The number of hydrogen-bond acceptors (Lipinski definition) is 3. The molecule has 2 aromatic rings. The zero-order valence-electron chi connectivity index (χ0n) is 9.02. The van der Waals surface area contributed by atoms with E-state index in [1.54, 1.807) is 11.0 Å². The molecule has 0 saturated carbocycles. The highest BCUT2D eigenvalue weighted by Gasteiger charge is 2.00. The molecule has 1 N–H and O–H groups in total. The van der Waals surface area contributed by atoms with Crippen LogP contribution in [0.2, 0.25) is 5.02 Å². The maximum Gasteiger partial charge on any atom is 0.164 e. The second kappa shape index (κ2) is 5.09. The quantitative estimate of drug-likeness (QED) is 0.880. The third-order valence-corrected chi connectivity index (χ3v) is 2.57. The minimum atomic E-state index is 0.645. The lowest BCUT2D eigenvalue weighted by atomic mass is 10.2. The lowest BCUT2D eigenvalue weighted by molar-refractivity contribution is 0.649. The van der Waals surface area contributed by atoms with Gasteiger partial charge in [0.2, 0.25) is 0 Å². The molecule has 0 spiro atoms. The molecule has 0 aliphatic rings. The second-order valence-corrected chi connectivity index (χ2v) is 3.94. The molecule has 0 fully saturated rings. The lowest BCUT2D eigenvalue weighted by Crippen LogP contribution is -2.14. The van der Waals surface area contributed by atoms with Crippen molar-refractivity contribution in [2.75, 3.05) is 0 Å². The topological polar surface area (TPSA) is 42.7 Å². The van der Waals surface area contributed by atoms with Crippen LogP contribution in [0.3, 0.4) is 0 Å². The van der Waals surface area contributed by atoms with Crippen LogP contribution in [0, 0.1) is 0 Å². The van der Waals surface area contributed by atoms with Gasteiger partial charge in [-0.05, 0) is 11.6 Å². The van der Waals surface area contributed by atoms with Crippen molar-refractivity contribution in [3.05, 3.63) is 47.0 Å². The van der Waals surface area contributed by atoms with Gasteiger partial charge in [-0.1, -0.05) is 29.8 Å². The van der Waals surface area contributed by atoms with Gasteiger partial charge in [0.15, 0.2) is 5.82 Å². The molecule has 2 rings (SSSR count). The summed E-state index contributed by atoms with van der Waals surface area (Å²) in [5.41, 5.74) is 1.08. The van der Waals surface area contributed by atoms with Gasteiger partial charge in [-0.25, -0.2) is 4.98 Å². The minimum Gasteiger partial charge on any atom is -0.306 e. The van der Waals surface area contributed by atoms with E-state index < -0.39 is 0 Å². The van der Waals surface area contributed by atoms with E-state index in [2.05, 4.69) is 15.4 Å². The number of benzene rings is 1. The maximum absolute atomic E-state index is 6.03. The largest absolute Gasteiger partial charge is 0.306 e. The highest BCUT2D eigenvalue weighted by Crippen LogP contribution is 2.14. The molecular weight excluding hydrogens is 224 g/mol. The molecule has 5 heteroatoms. The third-order valence-electron chi connectivity index (χ3n) is 2.20. The average molecular weight is 237 g/mol. The Hall–Kier alpha value is -1.39. The first-order chi connectivity index (χ1) is 7.75. The van der Waals surface area contributed by atoms with Crippen LogP contribution in [0.4, 0.5) is 0 Å².